The summed E-state index contributed by atoms with van der Waals surface area (Å²) >= 11 is 0. The minimum atomic E-state index is 0.331. The average molecular weight is 279 g/mol. The first-order chi connectivity index (χ1) is 9.84. The molecule has 3 fully saturated rings. The number of piperazine rings is 1. The molecule has 1 N–H and O–H groups in total. The zero-order valence-corrected chi connectivity index (χ0v) is 12.6. The summed E-state index contributed by atoms with van der Waals surface area (Å²) in [6.07, 6.45) is 8.69. The van der Waals surface area contributed by atoms with Crippen LogP contribution >= 0.6 is 0 Å². The topological polar surface area (TPSA) is 35.6 Å². The van der Waals surface area contributed by atoms with Gasteiger partial charge in [0.1, 0.15) is 0 Å². The number of hydrogen-bond donors (Lipinski definition) is 1. The van der Waals surface area contributed by atoms with Crippen LogP contribution in [0, 0.1) is 5.92 Å². The highest BCUT2D eigenvalue weighted by Gasteiger charge is 2.30. The van der Waals surface area contributed by atoms with Gasteiger partial charge in [0, 0.05) is 44.7 Å². The number of rotatable bonds is 2. The molecule has 114 valence electrons. The van der Waals surface area contributed by atoms with Gasteiger partial charge in [-0.15, -0.1) is 0 Å². The van der Waals surface area contributed by atoms with E-state index in [1.54, 1.807) is 0 Å². The molecule has 1 aliphatic carbocycles. The van der Waals surface area contributed by atoms with Crippen molar-refractivity contribution in [1.29, 1.82) is 0 Å². The van der Waals surface area contributed by atoms with Crippen LogP contribution in [0.25, 0.3) is 0 Å². The fourth-order valence-electron chi connectivity index (χ4n) is 4.04. The second kappa shape index (κ2) is 6.90. The molecule has 0 spiro atoms. The number of nitrogens with one attached hydrogen (secondary N) is 1. The molecule has 2 aliphatic heterocycles. The van der Waals surface area contributed by atoms with Gasteiger partial charge in [0.05, 0.1) is 0 Å². The fourth-order valence-corrected chi connectivity index (χ4v) is 4.04. The number of amides is 1. The van der Waals surface area contributed by atoms with E-state index < -0.39 is 0 Å². The van der Waals surface area contributed by atoms with Crippen molar-refractivity contribution in [3.8, 4) is 0 Å². The molecule has 4 heteroatoms. The Kier molecular flexibility index (Phi) is 4.94. The van der Waals surface area contributed by atoms with Gasteiger partial charge in [-0.05, 0) is 25.8 Å². The standard InChI is InChI=1S/C16H29N3O/c20-16(14-5-3-1-2-4-6-14)19-11-9-18(10-12-19)15-7-8-17-13-15/h14-15,17H,1-13H2. The lowest BCUT2D eigenvalue weighted by molar-refractivity contribution is -0.138. The number of nitrogens with zero attached hydrogens (tertiary/aromatic N) is 2. The van der Waals surface area contributed by atoms with Crippen molar-refractivity contribution in [2.45, 2.75) is 51.0 Å². The van der Waals surface area contributed by atoms with Gasteiger partial charge in [-0.25, -0.2) is 0 Å². The van der Waals surface area contributed by atoms with Gasteiger partial charge in [0.15, 0.2) is 0 Å². The van der Waals surface area contributed by atoms with Crippen molar-refractivity contribution in [3.63, 3.8) is 0 Å². The van der Waals surface area contributed by atoms with E-state index in [2.05, 4.69) is 15.1 Å². The molecule has 2 saturated heterocycles. The number of carbonyl (C=O) groups excluding carboxylic acids is 1. The van der Waals surface area contributed by atoms with Crippen LogP contribution in [0.2, 0.25) is 0 Å². The number of carbonyl (C=O) groups is 1. The average Bonchev–Trinajstić information content (AvgIpc) is 2.89. The van der Waals surface area contributed by atoms with Gasteiger partial charge >= 0.3 is 0 Å². The van der Waals surface area contributed by atoms with Crippen molar-refractivity contribution in [1.82, 2.24) is 15.1 Å². The molecule has 0 bridgehead atoms. The van der Waals surface area contributed by atoms with Crippen molar-refractivity contribution in [3.05, 3.63) is 0 Å². The molecule has 0 aromatic heterocycles. The van der Waals surface area contributed by atoms with Crippen molar-refractivity contribution < 1.29 is 4.79 Å². The van der Waals surface area contributed by atoms with Crippen LogP contribution < -0.4 is 5.32 Å². The lowest BCUT2D eigenvalue weighted by Crippen LogP contribution is -2.53. The Labute approximate surface area is 122 Å². The van der Waals surface area contributed by atoms with E-state index in [0.717, 1.165) is 52.1 Å². The lowest BCUT2D eigenvalue weighted by Gasteiger charge is -2.39. The zero-order chi connectivity index (χ0) is 13.8. The van der Waals surface area contributed by atoms with Gasteiger partial charge in [-0.1, -0.05) is 25.7 Å². The quantitative estimate of drug-likeness (QED) is 0.778. The Balaban J connectivity index is 1.48. The molecule has 0 radical (unpaired) electrons. The van der Waals surface area contributed by atoms with E-state index >= 15 is 0 Å². The summed E-state index contributed by atoms with van der Waals surface area (Å²) in [5.74, 6) is 0.785. The first kappa shape index (κ1) is 14.3. The van der Waals surface area contributed by atoms with Gasteiger partial charge in [0.2, 0.25) is 5.91 Å². The molecule has 1 atom stereocenters. The van der Waals surface area contributed by atoms with Crippen molar-refractivity contribution >= 4 is 5.91 Å². The Morgan fingerprint density at radius 2 is 1.60 bits per heavy atom. The third-order valence-corrected chi connectivity index (χ3v) is 5.38. The molecule has 1 amide bonds. The second-order valence-electron chi connectivity index (χ2n) is 6.70. The summed E-state index contributed by atoms with van der Waals surface area (Å²) in [6, 6.07) is 0.713. The maximum atomic E-state index is 12.6. The number of hydrogen-bond acceptors (Lipinski definition) is 3. The highest BCUT2D eigenvalue weighted by molar-refractivity contribution is 5.79. The fraction of sp³-hybridized carbons (Fsp3) is 0.938. The van der Waals surface area contributed by atoms with Crippen LogP contribution in [-0.2, 0) is 4.79 Å². The van der Waals surface area contributed by atoms with Crippen LogP contribution in [-0.4, -0.2) is 61.0 Å². The van der Waals surface area contributed by atoms with E-state index in [9.17, 15) is 4.79 Å². The molecule has 1 saturated carbocycles. The summed E-state index contributed by atoms with van der Waals surface area (Å²) in [7, 11) is 0. The van der Waals surface area contributed by atoms with E-state index in [1.807, 2.05) is 0 Å². The van der Waals surface area contributed by atoms with Crippen LogP contribution in [0.1, 0.15) is 44.9 Å². The molecule has 3 rings (SSSR count). The van der Waals surface area contributed by atoms with Gasteiger partial charge < -0.3 is 10.2 Å². The predicted molar refractivity (Wildman–Crippen MR) is 80.6 cm³/mol. The Bertz CT molecular complexity index is 312. The van der Waals surface area contributed by atoms with Gasteiger partial charge in [-0.3, -0.25) is 9.69 Å². The molecule has 20 heavy (non-hydrogen) atoms. The first-order valence-electron chi connectivity index (χ1n) is 8.58. The van der Waals surface area contributed by atoms with Crippen LogP contribution in [0.15, 0.2) is 0 Å². The minimum Gasteiger partial charge on any atom is -0.340 e. The molecule has 0 aromatic rings. The van der Waals surface area contributed by atoms with E-state index in [-0.39, 0.29) is 0 Å². The van der Waals surface area contributed by atoms with Crippen LogP contribution in [0.5, 0.6) is 0 Å². The molecule has 2 heterocycles. The predicted octanol–water partition coefficient (Wildman–Crippen LogP) is 1.46. The lowest BCUT2D eigenvalue weighted by atomic mass is 9.98. The SMILES string of the molecule is O=C(C1CCCCCC1)N1CCN(C2CCNC2)CC1. The molecular weight excluding hydrogens is 250 g/mol. The molecule has 0 aromatic carbocycles. The molecule has 4 nitrogen and oxygen atoms in total. The summed E-state index contributed by atoms with van der Waals surface area (Å²) < 4.78 is 0. The summed E-state index contributed by atoms with van der Waals surface area (Å²) in [5.41, 5.74) is 0. The normalized spacial score (nSPS) is 30.4. The summed E-state index contributed by atoms with van der Waals surface area (Å²) in [5, 5.41) is 3.44. The van der Waals surface area contributed by atoms with E-state index in [0.29, 0.717) is 17.9 Å². The smallest absolute Gasteiger partial charge is 0.225 e. The third-order valence-electron chi connectivity index (χ3n) is 5.38. The molecule has 1 unspecified atom stereocenters. The van der Waals surface area contributed by atoms with Crippen molar-refractivity contribution in [2.24, 2.45) is 5.92 Å². The summed E-state index contributed by atoms with van der Waals surface area (Å²) in [4.78, 5) is 17.4. The Morgan fingerprint density at radius 3 is 2.20 bits per heavy atom. The maximum absolute atomic E-state index is 12.6. The summed E-state index contributed by atoms with van der Waals surface area (Å²) in [6.45, 7) is 6.34. The Morgan fingerprint density at radius 1 is 0.900 bits per heavy atom. The Hall–Kier alpha value is -0.610. The highest BCUT2D eigenvalue weighted by Crippen LogP contribution is 2.25. The molecule has 3 aliphatic rings. The van der Waals surface area contributed by atoms with E-state index in [1.165, 1.54) is 32.1 Å². The molecular formula is C16H29N3O. The zero-order valence-electron chi connectivity index (χ0n) is 12.6. The minimum absolute atomic E-state index is 0.331. The van der Waals surface area contributed by atoms with Gasteiger partial charge in [-0.2, -0.15) is 0 Å². The van der Waals surface area contributed by atoms with Crippen LogP contribution in [0.4, 0.5) is 0 Å². The van der Waals surface area contributed by atoms with Crippen molar-refractivity contribution in [2.75, 3.05) is 39.3 Å². The second-order valence-corrected chi connectivity index (χ2v) is 6.70. The monoisotopic (exact) mass is 279 g/mol. The van der Waals surface area contributed by atoms with Gasteiger partial charge in [0.25, 0.3) is 0 Å². The van der Waals surface area contributed by atoms with Crippen LogP contribution in [0.3, 0.4) is 0 Å². The first-order valence-corrected chi connectivity index (χ1v) is 8.58. The van der Waals surface area contributed by atoms with E-state index in [4.69, 9.17) is 0 Å². The maximum Gasteiger partial charge on any atom is 0.225 e. The highest BCUT2D eigenvalue weighted by atomic mass is 16.2. The third kappa shape index (κ3) is 3.34. The largest absolute Gasteiger partial charge is 0.340 e.